The molecule has 0 aliphatic carbocycles. The lowest BCUT2D eigenvalue weighted by molar-refractivity contribution is 0.632. The molecule has 2 rings (SSSR count). The van der Waals surface area contributed by atoms with Crippen molar-refractivity contribution in [3.63, 3.8) is 0 Å². The number of anilines is 3. The number of rotatable bonds is 2. The predicted molar refractivity (Wildman–Crippen MR) is 63.0 cm³/mol. The average Bonchev–Trinajstić information content (AvgIpc) is 2.34. The fraction of sp³-hybridized carbons (Fsp3) is 0. The molecule has 0 atom stereocenters. The van der Waals surface area contributed by atoms with Crippen molar-refractivity contribution in [2.24, 2.45) is 0 Å². The van der Waals surface area contributed by atoms with Gasteiger partial charge in [0.15, 0.2) is 5.82 Å². The first-order valence-electron chi connectivity index (χ1n) is 4.88. The molecule has 1 heterocycles. The Labute approximate surface area is 97.5 Å². The fourth-order valence-electron chi connectivity index (χ4n) is 1.34. The molecule has 0 amide bonds. The Morgan fingerprint density at radius 2 is 2.12 bits per heavy atom. The van der Waals surface area contributed by atoms with Gasteiger partial charge in [0.25, 0.3) is 0 Å². The highest BCUT2D eigenvalue weighted by Crippen LogP contribution is 2.22. The minimum Gasteiger partial charge on any atom is -0.396 e. The summed E-state index contributed by atoms with van der Waals surface area (Å²) in [5, 5.41) is 11.4. The number of nitrogens with zero attached hydrogens (tertiary/aromatic N) is 2. The molecule has 0 bridgehead atoms. The van der Waals surface area contributed by atoms with Crippen molar-refractivity contribution in [1.82, 2.24) is 4.98 Å². The number of aromatic nitrogens is 1. The van der Waals surface area contributed by atoms with Gasteiger partial charge in [0.05, 0.1) is 16.9 Å². The van der Waals surface area contributed by atoms with Crippen LogP contribution in [0.2, 0.25) is 0 Å². The summed E-state index contributed by atoms with van der Waals surface area (Å²) in [6.07, 6.45) is 1.37. The first-order valence-corrected chi connectivity index (χ1v) is 4.88. The molecule has 2 aromatic rings. The van der Waals surface area contributed by atoms with E-state index in [1.165, 1.54) is 18.3 Å². The molecule has 0 spiro atoms. The molecule has 4 nitrogen and oxygen atoms in total. The van der Waals surface area contributed by atoms with E-state index in [1.54, 1.807) is 18.2 Å². The van der Waals surface area contributed by atoms with Crippen molar-refractivity contribution in [1.29, 1.82) is 5.26 Å². The Morgan fingerprint density at radius 3 is 2.76 bits per heavy atom. The van der Waals surface area contributed by atoms with Gasteiger partial charge in [-0.25, -0.2) is 9.37 Å². The number of halogens is 1. The molecule has 0 aliphatic rings. The molecular weight excluding hydrogens is 219 g/mol. The number of nitrogen functional groups attached to an aromatic ring is 1. The molecule has 0 unspecified atom stereocenters. The van der Waals surface area contributed by atoms with E-state index in [0.29, 0.717) is 17.1 Å². The highest BCUT2D eigenvalue weighted by Gasteiger charge is 2.05. The zero-order valence-electron chi connectivity index (χ0n) is 8.81. The van der Waals surface area contributed by atoms with Gasteiger partial charge in [0.1, 0.15) is 11.9 Å². The third-order valence-electron chi connectivity index (χ3n) is 2.17. The molecular formula is C12H9FN4. The second-order valence-corrected chi connectivity index (χ2v) is 3.38. The Bertz CT molecular complexity index is 589. The number of nitrogens with one attached hydrogen (secondary N) is 1. The lowest BCUT2D eigenvalue weighted by Gasteiger charge is -2.08. The first-order chi connectivity index (χ1) is 8.20. The highest BCUT2D eigenvalue weighted by molar-refractivity contribution is 5.69. The van der Waals surface area contributed by atoms with Crippen molar-refractivity contribution in [2.75, 3.05) is 11.1 Å². The number of hydrogen-bond acceptors (Lipinski definition) is 4. The van der Waals surface area contributed by atoms with E-state index in [0.717, 1.165) is 0 Å². The van der Waals surface area contributed by atoms with E-state index in [9.17, 15) is 4.39 Å². The van der Waals surface area contributed by atoms with Crippen LogP contribution < -0.4 is 11.1 Å². The average molecular weight is 228 g/mol. The van der Waals surface area contributed by atoms with Gasteiger partial charge < -0.3 is 11.1 Å². The maximum Gasteiger partial charge on any atom is 0.153 e. The summed E-state index contributed by atoms with van der Waals surface area (Å²) in [6.45, 7) is 0. The molecule has 17 heavy (non-hydrogen) atoms. The van der Waals surface area contributed by atoms with E-state index < -0.39 is 5.82 Å². The largest absolute Gasteiger partial charge is 0.396 e. The van der Waals surface area contributed by atoms with Crippen molar-refractivity contribution >= 4 is 17.2 Å². The van der Waals surface area contributed by atoms with Gasteiger partial charge in [-0.1, -0.05) is 12.1 Å². The Balaban J connectivity index is 2.32. The van der Waals surface area contributed by atoms with Crippen LogP contribution in [0, 0.1) is 17.1 Å². The lowest BCUT2D eigenvalue weighted by atomic mass is 10.2. The van der Waals surface area contributed by atoms with Gasteiger partial charge in [-0.15, -0.1) is 0 Å². The molecule has 5 heteroatoms. The van der Waals surface area contributed by atoms with Crippen molar-refractivity contribution in [3.8, 4) is 6.07 Å². The highest BCUT2D eigenvalue weighted by atomic mass is 19.1. The lowest BCUT2D eigenvalue weighted by Crippen LogP contribution is -2.01. The Morgan fingerprint density at radius 1 is 1.35 bits per heavy atom. The first kappa shape index (κ1) is 10.9. The second kappa shape index (κ2) is 4.49. The van der Waals surface area contributed by atoms with Crippen LogP contribution in [0.25, 0.3) is 0 Å². The third kappa shape index (κ3) is 2.32. The van der Waals surface area contributed by atoms with Gasteiger partial charge in [-0.05, 0) is 18.2 Å². The monoisotopic (exact) mass is 228 g/mol. The number of pyridine rings is 1. The Hall–Kier alpha value is -2.61. The molecule has 0 fully saturated rings. The number of nitriles is 1. The van der Waals surface area contributed by atoms with Gasteiger partial charge >= 0.3 is 0 Å². The van der Waals surface area contributed by atoms with Crippen LogP contribution in [0.4, 0.5) is 21.6 Å². The van der Waals surface area contributed by atoms with E-state index >= 15 is 0 Å². The zero-order valence-corrected chi connectivity index (χ0v) is 8.81. The van der Waals surface area contributed by atoms with Crippen LogP contribution >= 0.6 is 0 Å². The van der Waals surface area contributed by atoms with Gasteiger partial charge in [-0.2, -0.15) is 5.26 Å². The summed E-state index contributed by atoms with van der Waals surface area (Å²) >= 11 is 0. The van der Waals surface area contributed by atoms with Crippen LogP contribution in [0.1, 0.15) is 5.56 Å². The smallest absolute Gasteiger partial charge is 0.153 e. The summed E-state index contributed by atoms with van der Waals surface area (Å²) in [6, 6.07) is 9.61. The maximum absolute atomic E-state index is 13.4. The van der Waals surface area contributed by atoms with Crippen molar-refractivity contribution in [3.05, 3.63) is 47.9 Å². The van der Waals surface area contributed by atoms with E-state index in [1.807, 2.05) is 6.07 Å². The van der Waals surface area contributed by atoms with Crippen molar-refractivity contribution in [2.45, 2.75) is 0 Å². The minimum absolute atomic E-state index is 0.288. The molecule has 1 aromatic carbocycles. The Kier molecular flexibility index (Phi) is 2.88. The molecule has 84 valence electrons. The SMILES string of the molecule is N#Cc1cnc(Nc2ccccc2F)c(N)c1. The van der Waals surface area contributed by atoms with Gasteiger partial charge in [0, 0.05) is 6.20 Å². The van der Waals surface area contributed by atoms with Crippen LogP contribution in [0.3, 0.4) is 0 Å². The summed E-state index contributed by atoms with van der Waals surface area (Å²) in [7, 11) is 0. The number of hydrogen-bond donors (Lipinski definition) is 2. The minimum atomic E-state index is -0.391. The number of para-hydroxylation sites is 1. The van der Waals surface area contributed by atoms with E-state index in [4.69, 9.17) is 11.0 Å². The van der Waals surface area contributed by atoms with Crippen molar-refractivity contribution < 1.29 is 4.39 Å². The molecule has 0 saturated heterocycles. The number of nitrogens with two attached hydrogens (primary N) is 1. The number of benzene rings is 1. The fourth-order valence-corrected chi connectivity index (χ4v) is 1.34. The summed E-state index contributed by atoms with van der Waals surface area (Å²) in [5.74, 6) is -0.0628. The molecule has 0 saturated carbocycles. The summed E-state index contributed by atoms with van der Waals surface area (Å²) in [5.41, 5.74) is 6.65. The molecule has 3 N–H and O–H groups in total. The summed E-state index contributed by atoms with van der Waals surface area (Å²) in [4.78, 5) is 3.96. The van der Waals surface area contributed by atoms with Crippen LogP contribution in [0.15, 0.2) is 36.5 Å². The standard InChI is InChI=1S/C12H9FN4/c13-9-3-1-2-4-11(9)17-12-10(15)5-8(6-14)7-16-12/h1-5,7H,15H2,(H,16,17). The second-order valence-electron chi connectivity index (χ2n) is 3.38. The third-order valence-corrected chi connectivity index (χ3v) is 2.17. The normalized spacial score (nSPS) is 9.65. The molecule has 0 aliphatic heterocycles. The molecule has 1 aromatic heterocycles. The summed E-state index contributed by atoms with van der Waals surface area (Å²) < 4.78 is 13.4. The van der Waals surface area contributed by atoms with Crippen LogP contribution in [-0.2, 0) is 0 Å². The molecule has 0 radical (unpaired) electrons. The van der Waals surface area contributed by atoms with Gasteiger partial charge in [0.2, 0.25) is 0 Å². The topological polar surface area (TPSA) is 74.7 Å². The van der Waals surface area contributed by atoms with Gasteiger partial charge in [-0.3, -0.25) is 0 Å². The predicted octanol–water partition coefficient (Wildman–Crippen LogP) is 2.42. The van der Waals surface area contributed by atoms with Crippen LogP contribution in [-0.4, -0.2) is 4.98 Å². The van der Waals surface area contributed by atoms with Crippen LogP contribution in [0.5, 0.6) is 0 Å². The van der Waals surface area contributed by atoms with E-state index in [-0.39, 0.29) is 5.69 Å². The maximum atomic E-state index is 13.4. The van der Waals surface area contributed by atoms with E-state index in [2.05, 4.69) is 10.3 Å². The quantitative estimate of drug-likeness (QED) is 0.827. The zero-order chi connectivity index (χ0) is 12.3.